The Morgan fingerprint density at radius 1 is 1.53 bits per heavy atom. The Balaban J connectivity index is 2.78. The fraction of sp³-hybridized carbons (Fsp3) is 0.417. The van der Waals surface area contributed by atoms with Gasteiger partial charge in [-0.15, -0.1) is 0 Å². The van der Waals surface area contributed by atoms with Crippen molar-refractivity contribution in [3.8, 4) is 0 Å². The van der Waals surface area contributed by atoms with Crippen LogP contribution >= 0.6 is 54.5 Å². The summed E-state index contributed by atoms with van der Waals surface area (Å²) in [6.07, 6.45) is 1.90. The van der Waals surface area contributed by atoms with Gasteiger partial charge in [0, 0.05) is 19.4 Å². The third-order valence-electron chi connectivity index (χ3n) is 2.46. The van der Waals surface area contributed by atoms with E-state index >= 15 is 0 Å². The molecule has 1 atom stereocenters. The van der Waals surface area contributed by atoms with E-state index in [1.165, 1.54) is 0 Å². The molecular formula is C12H14Br2INO. The fourth-order valence-electron chi connectivity index (χ4n) is 1.44. The highest BCUT2D eigenvalue weighted by Crippen LogP contribution is 2.18. The minimum absolute atomic E-state index is 0.00324. The van der Waals surface area contributed by atoms with E-state index in [2.05, 4.69) is 66.7 Å². The van der Waals surface area contributed by atoms with Crippen molar-refractivity contribution in [3.05, 3.63) is 31.8 Å². The van der Waals surface area contributed by atoms with E-state index in [1.807, 2.05) is 18.2 Å². The Morgan fingerprint density at radius 3 is 2.82 bits per heavy atom. The topological polar surface area (TPSA) is 29.1 Å². The Kier molecular flexibility index (Phi) is 7.02. The molecule has 0 aliphatic heterocycles. The zero-order chi connectivity index (χ0) is 12.8. The van der Waals surface area contributed by atoms with Gasteiger partial charge in [-0.2, -0.15) is 0 Å². The maximum absolute atomic E-state index is 12.1. The first kappa shape index (κ1) is 15.4. The number of carbonyl (C=O) groups excluding carboxylic acids is 1. The molecule has 0 radical (unpaired) electrons. The normalized spacial score (nSPS) is 12.2. The van der Waals surface area contributed by atoms with Gasteiger partial charge in [0.25, 0.3) is 5.91 Å². The van der Waals surface area contributed by atoms with Crippen LogP contribution in [0, 0.1) is 3.57 Å². The first-order chi connectivity index (χ1) is 8.08. The summed E-state index contributed by atoms with van der Waals surface area (Å²) in [7, 11) is 0. The number of amides is 1. The van der Waals surface area contributed by atoms with Crippen molar-refractivity contribution < 1.29 is 4.79 Å². The molecule has 0 fully saturated rings. The smallest absolute Gasteiger partial charge is 0.252 e. The van der Waals surface area contributed by atoms with E-state index in [9.17, 15) is 4.79 Å². The van der Waals surface area contributed by atoms with E-state index < -0.39 is 0 Å². The Hall–Kier alpha value is 0.380. The van der Waals surface area contributed by atoms with Crippen molar-refractivity contribution in [2.75, 3.05) is 5.33 Å². The van der Waals surface area contributed by atoms with Crippen molar-refractivity contribution in [2.45, 2.75) is 25.8 Å². The largest absolute Gasteiger partial charge is 0.349 e. The highest BCUT2D eigenvalue weighted by molar-refractivity contribution is 14.1. The van der Waals surface area contributed by atoms with Crippen molar-refractivity contribution in [1.82, 2.24) is 5.32 Å². The third kappa shape index (κ3) is 4.87. The van der Waals surface area contributed by atoms with E-state index in [0.29, 0.717) is 0 Å². The summed E-state index contributed by atoms with van der Waals surface area (Å²) in [4.78, 5) is 12.1. The average molecular weight is 475 g/mol. The van der Waals surface area contributed by atoms with Gasteiger partial charge in [0.1, 0.15) is 0 Å². The number of alkyl halides is 1. The van der Waals surface area contributed by atoms with Crippen LogP contribution in [0.1, 0.15) is 30.1 Å². The summed E-state index contributed by atoms with van der Waals surface area (Å²) in [5.41, 5.74) is 0.730. The summed E-state index contributed by atoms with van der Waals surface area (Å²) in [5, 5.41) is 3.96. The molecule has 2 nitrogen and oxygen atoms in total. The number of hydrogen-bond donors (Lipinski definition) is 1. The van der Waals surface area contributed by atoms with Crippen molar-refractivity contribution in [2.24, 2.45) is 0 Å². The molecule has 0 aromatic heterocycles. The molecule has 0 bridgehead atoms. The van der Waals surface area contributed by atoms with Crippen LogP contribution in [0.15, 0.2) is 22.7 Å². The van der Waals surface area contributed by atoms with Gasteiger partial charge in [0.2, 0.25) is 0 Å². The molecule has 0 aliphatic carbocycles. The average Bonchev–Trinajstić information content (AvgIpc) is 2.31. The molecule has 1 N–H and O–H groups in total. The molecular weight excluding hydrogens is 461 g/mol. The molecule has 1 amide bonds. The molecule has 17 heavy (non-hydrogen) atoms. The van der Waals surface area contributed by atoms with Crippen LogP contribution in [0.25, 0.3) is 0 Å². The van der Waals surface area contributed by atoms with Gasteiger partial charge in [-0.25, -0.2) is 0 Å². The van der Waals surface area contributed by atoms with Crippen molar-refractivity contribution >= 4 is 60.4 Å². The van der Waals surface area contributed by atoms with Crippen LogP contribution in [0.3, 0.4) is 0 Å². The summed E-state index contributed by atoms with van der Waals surface area (Å²) in [5.74, 6) is 0.00324. The van der Waals surface area contributed by atoms with Crippen LogP contribution in [0.4, 0.5) is 0 Å². The molecule has 1 aromatic rings. The van der Waals surface area contributed by atoms with E-state index in [0.717, 1.165) is 31.8 Å². The van der Waals surface area contributed by atoms with Crippen molar-refractivity contribution in [3.63, 3.8) is 0 Å². The molecule has 1 unspecified atom stereocenters. The van der Waals surface area contributed by atoms with Gasteiger partial charge in [-0.1, -0.05) is 38.8 Å². The monoisotopic (exact) mass is 473 g/mol. The number of benzene rings is 1. The molecule has 0 saturated heterocycles. The second-order valence-electron chi connectivity index (χ2n) is 3.68. The van der Waals surface area contributed by atoms with Crippen molar-refractivity contribution in [1.29, 1.82) is 0 Å². The van der Waals surface area contributed by atoms with Gasteiger partial charge < -0.3 is 5.32 Å². The number of halogens is 3. The number of nitrogens with one attached hydrogen (secondary N) is 1. The predicted molar refractivity (Wildman–Crippen MR) is 86.8 cm³/mol. The molecule has 0 spiro atoms. The van der Waals surface area contributed by atoms with Crippen LogP contribution in [-0.2, 0) is 0 Å². The highest BCUT2D eigenvalue weighted by atomic mass is 127. The van der Waals surface area contributed by atoms with E-state index in [4.69, 9.17) is 0 Å². The zero-order valence-electron chi connectivity index (χ0n) is 9.47. The molecule has 1 rings (SSSR count). The van der Waals surface area contributed by atoms with Crippen LogP contribution < -0.4 is 5.32 Å². The number of rotatable bonds is 5. The molecule has 5 heteroatoms. The van der Waals surface area contributed by atoms with Gasteiger partial charge in [-0.3, -0.25) is 4.79 Å². The molecule has 0 saturated carbocycles. The first-order valence-corrected chi connectivity index (χ1v) is 8.39. The highest BCUT2D eigenvalue weighted by Gasteiger charge is 2.14. The minimum atomic E-state index is 0.00324. The summed E-state index contributed by atoms with van der Waals surface area (Å²) in [6.45, 7) is 2.08. The summed E-state index contributed by atoms with van der Waals surface area (Å²) in [6, 6.07) is 5.97. The van der Waals surface area contributed by atoms with Crippen LogP contribution in [-0.4, -0.2) is 17.3 Å². The van der Waals surface area contributed by atoms with Gasteiger partial charge in [0.15, 0.2) is 0 Å². The summed E-state index contributed by atoms with van der Waals surface area (Å²) < 4.78 is 1.90. The lowest BCUT2D eigenvalue weighted by Gasteiger charge is -2.16. The Labute approximate surface area is 132 Å². The Morgan fingerprint density at radius 2 is 2.24 bits per heavy atom. The lowest BCUT2D eigenvalue weighted by atomic mass is 10.1. The predicted octanol–water partition coefficient (Wildman–Crippen LogP) is 4.35. The maximum Gasteiger partial charge on any atom is 0.252 e. The third-order valence-corrected chi connectivity index (χ3v) is 4.35. The van der Waals surface area contributed by atoms with E-state index in [-0.39, 0.29) is 11.9 Å². The fourth-order valence-corrected chi connectivity index (χ4v) is 2.94. The lowest BCUT2D eigenvalue weighted by Crippen LogP contribution is -2.35. The maximum atomic E-state index is 12.1. The standard InChI is InChI=1S/C12H14Br2INO/c1-2-9(5-6-13)16-12(17)10-7-8(14)3-4-11(10)15/h3-4,7,9H,2,5-6H2,1H3,(H,16,17). The van der Waals surface area contributed by atoms with Crippen LogP contribution in [0.2, 0.25) is 0 Å². The Bertz CT molecular complexity index is 398. The van der Waals surface area contributed by atoms with Gasteiger partial charge in [0.05, 0.1) is 5.56 Å². The van der Waals surface area contributed by atoms with E-state index in [1.54, 1.807) is 0 Å². The summed E-state index contributed by atoms with van der Waals surface area (Å²) >= 11 is 8.97. The first-order valence-electron chi connectivity index (χ1n) is 5.40. The number of carbonyl (C=O) groups is 1. The van der Waals surface area contributed by atoms with Gasteiger partial charge >= 0.3 is 0 Å². The van der Waals surface area contributed by atoms with Gasteiger partial charge in [-0.05, 0) is 53.6 Å². The van der Waals surface area contributed by atoms with Crippen LogP contribution in [0.5, 0.6) is 0 Å². The second kappa shape index (κ2) is 7.74. The molecule has 94 valence electrons. The molecule has 0 heterocycles. The number of hydrogen-bond acceptors (Lipinski definition) is 1. The SMILES string of the molecule is CCC(CCBr)NC(=O)c1cc(Br)ccc1I. The zero-order valence-corrected chi connectivity index (χ0v) is 14.8. The molecule has 0 aliphatic rings. The lowest BCUT2D eigenvalue weighted by molar-refractivity contribution is 0.0934. The molecule has 1 aromatic carbocycles. The second-order valence-corrected chi connectivity index (χ2v) is 6.55. The minimum Gasteiger partial charge on any atom is -0.349 e. The quantitative estimate of drug-likeness (QED) is 0.499.